The topological polar surface area (TPSA) is 111 Å². The monoisotopic (exact) mass is 339 g/mol. The second-order valence-electron chi connectivity index (χ2n) is 5.86. The number of aromatic amines is 1. The highest BCUT2D eigenvalue weighted by molar-refractivity contribution is 5.92. The number of aromatic nitrogens is 6. The number of hydrogen-bond donors (Lipinski definition) is 2. The van der Waals surface area contributed by atoms with E-state index in [4.69, 9.17) is 4.74 Å². The van der Waals surface area contributed by atoms with E-state index >= 15 is 0 Å². The van der Waals surface area contributed by atoms with Gasteiger partial charge in [-0.15, -0.1) is 5.10 Å². The standard InChI is InChI=1S/C16H17N7O2/c1-25-14-6-11-4-2-3-10(11)5-12(14)8-17-16(24)13-7-15(20-19-13)23-9-18-21-22-23/h5-7,9H,2-4,8H2,1H3,(H,17,24)(H,19,20). The number of nitrogens with one attached hydrogen (secondary N) is 2. The van der Waals surface area contributed by atoms with Crippen molar-refractivity contribution in [1.29, 1.82) is 0 Å². The van der Waals surface area contributed by atoms with Crippen LogP contribution < -0.4 is 10.1 Å². The van der Waals surface area contributed by atoms with Crippen LogP contribution in [0, 0.1) is 0 Å². The zero-order valence-electron chi connectivity index (χ0n) is 13.7. The molecular formula is C16H17N7O2. The highest BCUT2D eigenvalue weighted by atomic mass is 16.5. The molecule has 128 valence electrons. The smallest absolute Gasteiger partial charge is 0.269 e. The number of methoxy groups -OCH3 is 1. The summed E-state index contributed by atoms with van der Waals surface area (Å²) in [6, 6.07) is 5.79. The summed E-state index contributed by atoms with van der Waals surface area (Å²) in [5.41, 5.74) is 3.99. The molecule has 0 bridgehead atoms. The van der Waals surface area contributed by atoms with Crippen molar-refractivity contribution < 1.29 is 9.53 Å². The van der Waals surface area contributed by atoms with Crippen molar-refractivity contribution >= 4 is 5.91 Å². The van der Waals surface area contributed by atoms with Gasteiger partial charge in [-0.05, 0) is 46.9 Å². The second kappa shape index (κ2) is 6.34. The number of carbonyl (C=O) groups is 1. The van der Waals surface area contributed by atoms with Crippen LogP contribution in [0.15, 0.2) is 24.5 Å². The first kappa shape index (κ1) is 15.3. The molecule has 9 nitrogen and oxygen atoms in total. The largest absolute Gasteiger partial charge is 0.496 e. The van der Waals surface area contributed by atoms with Crippen molar-refractivity contribution in [2.75, 3.05) is 7.11 Å². The molecule has 0 unspecified atom stereocenters. The van der Waals surface area contributed by atoms with Gasteiger partial charge in [0.25, 0.3) is 5.91 Å². The van der Waals surface area contributed by atoms with Gasteiger partial charge in [0.2, 0.25) is 0 Å². The summed E-state index contributed by atoms with van der Waals surface area (Å²) >= 11 is 0. The van der Waals surface area contributed by atoms with Crippen LogP contribution in [0.5, 0.6) is 5.75 Å². The van der Waals surface area contributed by atoms with E-state index in [1.54, 1.807) is 13.2 Å². The van der Waals surface area contributed by atoms with E-state index in [2.05, 4.69) is 43.2 Å². The van der Waals surface area contributed by atoms with Gasteiger partial charge in [-0.1, -0.05) is 6.07 Å². The van der Waals surface area contributed by atoms with Gasteiger partial charge in [0.1, 0.15) is 17.8 Å². The lowest BCUT2D eigenvalue weighted by molar-refractivity contribution is 0.0945. The van der Waals surface area contributed by atoms with Gasteiger partial charge < -0.3 is 10.1 Å². The first-order valence-electron chi connectivity index (χ1n) is 8.00. The summed E-state index contributed by atoms with van der Waals surface area (Å²) in [7, 11) is 1.65. The Morgan fingerprint density at radius 2 is 2.16 bits per heavy atom. The van der Waals surface area contributed by atoms with Gasteiger partial charge >= 0.3 is 0 Å². The molecule has 2 aromatic heterocycles. The molecule has 0 aliphatic heterocycles. The fourth-order valence-corrected chi connectivity index (χ4v) is 3.06. The number of carbonyl (C=O) groups excluding carboxylic acids is 1. The van der Waals surface area contributed by atoms with E-state index in [0.717, 1.165) is 24.2 Å². The van der Waals surface area contributed by atoms with Crippen LogP contribution >= 0.6 is 0 Å². The Kier molecular flexibility index (Phi) is 3.88. The summed E-state index contributed by atoms with van der Waals surface area (Å²) in [6.45, 7) is 0.383. The number of ether oxygens (including phenoxy) is 1. The molecule has 9 heteroatoms. The SMILES string of the molecule is COc1cc2c(cc1CNC(=O)c1cc(-n3cnnn3)n[nH]1)CCC2. The Balaban J connectivity index is 1.47. The molecule has 4 rings (SSSR count). The van der Waals surface area contributed by atoms with Crippen LogP contribution in [0.2, 0.25) is 0 Å². The Morgan fingerprint density at radius 3 is 2.92 bits per heavy atom. The number of benzene rings is 1. The van der Waals surface area contributed by atoms with Crippen LogP contribution in [0.4, 0.5) is 0 Å². The maximum Gasteiger partial charge on any atom is 0.269 e. The summed E-state index contributed by atoms with van der Waals surface area (Å²) < 4.78 is 6.84. The van der Waals surface area contributed by atoms with Gasteiger partial charge in [0.15, 0.2) is 5.82 Å². The van der Waals surface area contributed by atoms with Crippen molar-refractivity contribution in [3.8, 4) is 11.6 Å². The molecule has 1 aliphatic carbocycles. The predicted octanol–water partition coefficient (Wildman–Crippen LogP) is 0.813. The maximum absolute atomic E-state index is 12.4. The van der Waals surface area contributed by atoms with Crippen LogP contribution in [0.3, 0.4) is 0 Å². The Morgan fingerprint density at radius 1 is 1.32 bits per heavy atom. The molecule has 1 aromatic carbocycles. The lowest BCUT2D eigenvalue weighted by Crippen LogP contribution is -2.23. The fourth-order valence-electron chi connectivity index (χ4n) is 3.06. The molecule has 25 heavy (non-hydrogen) atoms. The molecule has 0 spiro atoms. The molecule has 0 atom stereocenters. The number of aryl methyl sites for hydroxylation is 2. The maximum atomic E-state index is 12.4. The number of rotatable bonds is 5. The van der Waals surface area contributed by atoms with E-state index in [1.165, 1.54) is 28.6 Å². The second-order valence-corrected chi connectivity index (χ2v) is 5.86. The van der Waals surface area contributed by atoms with Gasteiger partial charge in [0.05, 0.1) is 7.11 Å². The van der Waals surface area contributed by atoms with E-state index in [1.807, 2.05) is 0 Å². The number of tetrazole rings is 1. The highest BCUT2D eigenvalue weighted by Gasteiger charge is 2.17. The third-order valence-electron chi connectivity index (χ3n) is 4.33. The van der Waals surface area contributed by atoms with E-state index in [-0.39, 0.29) is 5.91 Å². The van der Waals surface area contributed by atoms with Gasteiger partial charge in [-0.3, -0.25) is 9.89 Å². The molecule has 0 fully saturated rings. The predicted molar refractivity (Wildman–Crippen MR) is 87.5 cm³/mol. The molecular weight excluding hydrogens is 322 g/mol. The van der Waals surface area contributed by atoms with Crippen molar-refractivity contribution in [3.63, 3.8) is 0 Å². The summed E-state index contributed by atoms with van der Waals surface area (Å²) in [5.74, 6) is 1.000. The quantitative estimate of drug-likeness (QED) is 0.712. The minimum atomic E-state index is -0.255. The van der Waals surface area contributed by atoms with Crippen LogP contribution in [0.1, 0.15) is 33.6 Å². The minimum absolute atomic E-state index is 0.255. The van der Waals surface area contributed by atoms with Crippen LogP contribution in [-0.2, 0) is 19.4 Å². The zero-order chi connectivity index (χ0) is 17.2. The third kappa shape index (κ3) is 2.95. The number of amides is 1. The molecule has 2 N–H and O–H groups in total. The van der Waals surface area contributed by atoms with Gasteiger partial charge in [0, 0.05) is 18.2 Å². The van der Waals surface area contributed by atoms with Gasteiger partial charge in [-0.25, -0.2) is 0 Å². The lowest BCUT2D eigenvalue weighted by Gasteiger charge is -2.12. The molecule has 0 radical (unpaired) electrons. The summed E-state index contributed by atoms with van der Waals surface area (Å²) in [6.07, 6.45) is 4.75. The molecule has 1 aliphatic rings. The molecule has 1 amide bonds. The number of fused-ring (bicyclic) bond motifs is 1. The van der Waals surface area contributed by atoms with Crippen LogP contribution in [-0.4, -0.2) is 43.4 Å². The van der Waals surface area contributed by atoms with E-state index in [0.29, 0.717) is 18.1 Å². The average Bonchev–Trinajstić information content (AvgIpc) is 3.38. The normalized spacial score (nSPS) is 12.8. The summed E-state index contributed by atoms with van der Waals surface area (Å²) in [4.78, 5) is 12.4. The number of nitrogens with zero attached hydrogens (tertiary/aromatic N) is 5. The van der Waals surface area contributed by atoms with Crippen LogP contribution in [0.25, 0.3) is 5.82 Å². The Hall–Kier alpha value is -3.23. The molecule has 0 saturated heterocycles. The van der Waals surface area contributed by atoms with Crippen molar-refractivity contribution in [1.82, 2.24) is 35.7 Å². The fraction of sp³-hybridized carbons (Fsp3) is 0.312. The third-order valence-corrected chi connectivity index (χ3v) is 4.33. The lowest BCUT2D eigenvalue weighted by atomic mass is 10.0. The molecule has 3 aromatic rings. The number of H-pyrrole nitrogens is 1. The number of hydrogen-bond acceptors (Lipinski definition) is 6. The minimum Gasteiger partial charge on any atom is -0.496 e. The first-order chi connectivity index (χ1) is 12.2. The Bertz CT molecular complexity index is 901. The van der Waals surface area contributed by atoms with Crippen molar-refractivity contribution in [3.05, 3.63) is 46.9 Å². The zero-order valence-corrected chi connectivity index (χ0v) is 13.7. The molecule has 0 saturated carbocycles. The highest BCUT2D eigenvalue weighted by Crippen LogP contribution is 2.29. The van der Waals surface area contributed by atoms with Crippen molar-refractivity contribution in [2.45, 2.75) is 25.8 Å². The van der Waals surface area contributed by atoms with Crippen molar-refractivity contribution in [2.24, 2.45) is 0 Å². The van der Waals surface area contributed by atoms with Gasteiger partial charge in [-0.2, -0.15) is 9.78 Å². The average molecular weight is 339 g/mol. The van der Waals surface area contributed by atoms with E-state index in [9.17, 15) is 4.79 Å². The van der Waals surface area contributed by atoms with E-state index < -0.39 is 0 Å². The first-order valence-corrected chi connectivity index (χ1v) is 8.00. The summed E-state index contributed by atoms with van der Waals surface area (Å²) in [5, 5.41) is 20.4. The molecule has 2 heterocycles. The Labute approximate surface area is 143 Å².